The standard InChI is InChI=1S/C30H38O4/c1-15-11-17(3)25(18(4)12-15)29(27(21(7)31)22(8)32)30(28(23(9)33)24(10)34)26-19(5)13-16(2)14-20(26)6/h11-14,29-31,33H,1-10H3/b27-21-,28-23+/t29-,30-/m1/s1. The monoisotopic (exact) mass is 462 g/mol. The second-order valence-corrected chi connectivity index (χ2v) is 9.69. The van der Waals surface area contributed by atoms with Gasteiger partial charge >= 0.3 is 0 Å². The maximum atomic E-state index is 13.0. The molecule has 0 radical (unpaired) electrons. The number of carbonyl (C=O) groups is 2. The Morgan fingerprint density at radius 3 is 0.971 bits per heavy atom. The summed E-state index contributed by atoms with van der Waals surface area (Å²) in [5.74, 6) is -2.02. The van der Waals surface area contributed by atoms with Crippen LogP contribution in [0.4, 0.5) is 0 Å². The van der Waals surface area contributed by atoms with Crippen LogP contribution in [0.15, 0.2) is 46.9 Å². The fraction of sp³-hybridized carbons (Fsp3) is 0.400. The molecule has 2 N–H and O–H groups in total. The molecule has 0 aliphatic carbocycles. The Balaban J connectivity index is 3.21. The fourth-order valence-corrected chi connectivity index (χ4v) is 5.72. The summed E-state index contributed by atoms with van der Waals surface area (Å²) in [6, 6.07) is 8.20. The van der Waals surface area contributed by atoms with Gasteiger partial charge in [0.15, 0.2) is 11.6 Å². The third-order valence-electron chi connectivity index (χ3n) is 6.59. The Kier molecular flexibility index (Phi) is 8.31. The van der Waals surface area contributed by atoms with Gasteiger partial charge in [-0.05, 0) is 103 Å². The quantitative estimate of drug-likeness (QED) is 0.336. The van der Waals surface area contributed by atoms with Crippen LogP contribution in [0.25, 0.3) is 0 Å². The molecule has 0 fully saturated rings. The first-order valence-electron chi connectivity index (χ1n) is 11.7. The van der Waals surface area contributed by atoms with E-state index in [1.165, 1.54) is 27.7 Å². The predicted octanol–water partition coefficient (Wildman–Crippen LogP) is 7.25. The number of allylic oxidation sites excluding steroid dienone is 4. The highest BCUT2D eigenvalue weighted by Gasteiger charge is 2.39. The number of ketones is 2. The van der Waals surface area contributed by atoms with Gasteiger partial charge in [0.2, 0.25) is 0 Å². The first-order valence-corrected chi connectivity index (χ1v) is 11.7. The molecule has 182 valence electrons. The van der Waals surface area contributed by atoms with Gasteiger partial charge in [-0.3, -0.25) is 9.59 Å². The van der Waals surface area contributed by atoms with Gasteiger partial charge in [0.25, 0.3) is 0 Å². The van der Waals surface area contributed by atoms with E-state index in [4.69, 9.17) is 0 Å². The van der Waals surface area contributed by atoms with Crippen molar-refractivity contribution >= 4 is 11.6 Å². The number of carbonyl (C=O) groups excluding carboxylic acids is 2. The van der Waals surface area contributed by atoms with Crippen molar-refractivity contribution in [2.75, 3.05) is 0 Å². The summed E-state index contributed by atoms with van der Waals surface area (Å²) in [6.45, 7) is 17.9. The van der Waals surface area contributed by atoms with Crippen molar-refractivity contribution in [3.63, 3.8) is 0 Å². The van der Waals surface area contributed by atoms with Crippen molar-refractivity contribution in [3.8, 4) is 0 Å². The third-order valence-corrected chi connectivity index (χ3v) is 6.59. The lowest BCUT2D eigenvalue weighted by Crippen LogP contribution is -2.26. The Hall–Kier alpha value is -3.14. The number of rotatable bonds is 7. The molecular formula is C30H38O4. The van der Waals surface area contributed by atoms with E-state index in [1.807, 2.05) is 41.5 Å². The van der Waals surface area contributed by atoms with Crippen LogP contribution in [0.5, 0.6) is 0 Å². The average Bonchev–Trinajstić information content (AvgIpc) is 2.63. The SMILES string of the molecule is CC(=O)/C(=C(/C)O)[C@@H](c1c(C)cc(C)cc1C)[C@@H](/C(C(C)=O)=C(/C)O)c1c(C)cc(C)cc1C. The Labute approximate surface area is 204 Å². The molecule has 34 heavy (non-hydrogen) atoms. The minimum atomic E-state index is -0.663. The van der Waals surface area contributed by atoms with Crippen molar-refractivity contribution in [1.82, 2.24) is 0 Å². The second kappa shape index (κ2) is 10.4. The van der Waals surface area contributed by atoms with E-state index in [0.717, 1.165) is 44.5 Å². The molecule has 0 heterocycles. The molecule has 0 spiro atoms. The lowest BCUT2D eigenvalue weighted by molar-refractivity contribution is -0.115. The lowest BCUT2D eigenvalue weighted by atomic mass is 9.67. The van der Waals surface area contributed by atoms with E-state index in [9.17, 15) is 19.8 Å². The van der Waals surface area contributed by atoms with Crippen LogP contribution in [-0.4, -0.2) is 21.8 Å². The fourth-order valence-electron chi connectivity index (χ4n) is 5.72. The minimum absolute atomic E-state index is 0.0808. The summed E-state index contributed by atoms with van der Waals surface area (Å²) >= 11 is 0. The molecule has 2 aromatic carbocycles. The van der Waals surface area contributed by atoms with Crippen molar-refractivity contribution < 1.29 is 19.8 Å². The number of Topliss-reactive ketones (excluding diaryl/α,β-unsaturated/α-hetero) is 2. The number of aliphatic hydroxyl groups is 2. The largest absolute Gasteiger partial charge is 0.512 e. The zero-order chi connectivity index (χ0) is 26.1. The predicted molar refractivity (Wildman–Crippen MR) is 139 cm³/mol. The first kappa shape index (κ1) is 27.1. The number of hydrogen-bond donors (Lipinski definition) is 2. The van der Waals surface area contributed by atoms with Gasteiger partial charge in [0, 0.05) is 23.0 Å². The summed E-state index contributed by atoms with van der Waals surface area (Å²) in [5.41, 5.74) is 8.31. The Morgan fingerprint density at radius 2 is 0.794 bits per heavy atom. The number of aliphatic hydroxyl groups excluding tert-OH is 2. The molecule has 0 saturated heterocycles. The normalized spacial score (nSPS) is 14.8. The summed E-state index contributed by atoms with van der Waals surface area (Å²) in [4.78, 5) is 26.1. The molecule has 4 heteroatoms. The van der Waals surface area contributed by atoms with Crippen LogP contribution in [0.3, 0.4) is 0 Å². The summed E-state index contributed by atoms with van der Waals surface area (Å²) < 4.78 is 0. The molecule has 0 unspecified atom stereocenters. The zero-order valence-electron chi connectivity index (χ0n) is 22.2. The van der Waals surface area contributed by atoms with Crippen molar-refractivity contribution in [1.29, 1.82) is 0 Å². The van der Waals surface area contributed by atoms with E-state index < -0.39 is 11.8 Å². The van der Waals surface area contributed by atoms with Gasteiger partial charge in [0.05, 0.1) is 11.5 Å². The van der Waals surface area contributed by atoms with E-state index in [1.54, 1.807) is 0 Å². The maximum Gasteiger partial charge on any atom is 0.159 e. The summed E-state index contributed by atoms with van der Waals surface area (Å²) in [6.07, 6.45) is 0. The molecule has 0 bridgehead atoms. The van der Waals surface area contributed by atoms with E-state index in [0.29, 0.717) is 0 Å². The smallest absolute Gasteiger partial charge is 0.159 e. The van der Waals surface area contributed by atoms with Crippen LogP contribution < -0.4 is 0 Å². The topological polar surface area (TPSA) is 74.6 Å². The van der Waals surface area contributed by atoms with Gasteiger partial charge in [0.1, 0.15) is 0 Å². The minimum Gasteiger partial charge on any atom is -0.512 e. The van der Waals surface area contributed by atoms with Crippen LogP contribution in [0.2, 0.25) is 0 Å². The second-order valence-electron chi connectivity index (χ2n) is 9.69. The molecule has 0 aromatic heterocycles. The van der Waals surface area contributed by atoms with Crippen molar-refractivity contribution in [2.24, 2.45) is 0 Å². The summed E-state index contributed by atoms with van der Waals surface area (Å²) in [7, 11) is 0. The van der Waals surface area contributed by atoms with Crippen LogP contribution >= 0.6 is 0 Å². The molecule has 2 atom stereocenters. The highest BCUT2D eigenvalue weighted by Crippen LogP contribution is 2.49. The molecular weight excluding hydrogens is 424 g/mol. The number of aryl methyl sites for hydroxylation is 6. The third kappa shape index (κ3) is 5.32. The Bertz CT molecular complexity index is 1060. The van der Waals surface area contributed by atoms with Crippen LogP contribution in [-0.2, 0) is 9.59 Å². The molecule has 0 aliphatic rings. The maximum absolute atomic E-state index is 13.0. The van der Waals surface area contributed by atoms with Crippen LogP contribution in [0, 0.1) is 41.5 Å². The molecule has 0 aliphatic heterocycles. The van der Waals surface area contributed by atoms with Crippen molar-refractivity contribution in [3.05, 3.63) is 91.4 Å². The van der Waals surface area contributed by atoms with Gasteiger partial charge in [-0.1, -0.05) is 35.4 Å². The average molecular weight is 463 g/mol. The van der Waals surface area contributed by atoms with Gasteiger partial charge in [-0.2, -0.15) is 0 Å². The molecule has 2 rings (SSSR count). The lowest BCUT2D eigenvalue weighted by Gasteiger charge is -2.35. The highest BCUT2D eigenvalue weighted by molar-refractivity contribution is 5.99. The van der Waals surface area contributed by atoms with E-state index >= 15 is 0 Å². The summed E-state index contributed by atoms with van der Waals surface area (Å²) in [5, 5.41) is 21.6. The molecule has 0 amide bonds. The molecule has 2 aromatic rings. The van der Waals surface area contributed by atoms with E-state index in [-0.39, 0.29) is 34.2 Å². The van der Waals surface area contributed by atoms with Crippen LogP contribution in [0.1, 0.15) is 84.0 Å². The molecule has 0 saturated carbocycles. The first-order chi connectivity index (χ1) is 15.7. The highest BCUT2D eigenvalue weighted by atomic mass is 16.3. The van der Waals surface area contributed by atoms with Crippen molar-refractivity contribution in [2.45, 2.75) is 81.1 Å². The van der Waals surface area contributed by atoms with Gasteiger partial charge in [-0.15, -0.1) is 0 Å². The van der Waals surface area contributed by atoms with E-state index in [2.05, 4.69) is 24.3 Å². The van der Waals surface area contributed by atoms with Gasteiger partial charge in [-0.25, -0.2) is 0 Å². The molecule has 4 nitrogen and oxygen atoms in total. The Morgan fingerprint density at radius 1 is 0.559 bits per heavy atom. The number of hydrogen-bond acceptors (Lipinski definition) is 4. The van der Waals surface area contributed by atoms with Gasteiger partial charge < -0.3 is 10.2 Å². The number of benzene rings is 2. The zero-order valence-corrected chi connectivity index (χ0v) is 22.2.